The minimum atomic E-state index is 0.820. The van der Waals surface area contributed by atoms with Crippen molar-refractivity contribution >= 4 is 27.2 Å². The van der Waals surface area contributed by atoms with E-state index in [1.807, 2.05) is 6.07 Å². The number of nitrogens with two attached hydrogens (primary N) is 1. The standard InChI is InChI=1S/C44H29N/c45-44-34-18-8-7-13-29(34)25-26-35(44)30-21-23-31(24-22-30)38-27-39(28-11-3-1-4-12-28)42-36-19-9-16-32-17-10-20-37(40(32)36)43(42)41(38)33-14-5-2-6-15-33/h1-27H,45H2. The summed E-state index contributed by atoms with van der Waals surface area (Å²) in [4.78, 5) is 0. The van der Waals surface area contributed by atoms with Gasteiger partial charge in [-0.15, -0.1) is 0 Å². The first kappa shape index (κ1) is 25.6. The molecule has 0 radical (unpaired) electrons. The first-order valence-corrected chi connectivity index (χ1v) is 15.5. The van der Waals surface area contributed by atoms with Crippen LogP contribution in [0.25, 0.3) is 88.3 Å². The van der Waals surface area contributed by atoms with Crippen LogP contribution in [-0.2, 0) is 0 Å². The fourth-order valence-electron chi connectivity index (χ4n) is 7.34. The molecule has 0 unspecified atom stereocenters. The van der Waals surface area contributed by atoms with E-state index < -0.39 is 0 Å². The van der Waals surface area contributed by atoms with Gasteiger partial charge in [0.05, 0.1) is 0 Å². The predicted octanol–water partition coefficient (Wildman–Crippen LogP) is 11.9. The summed E-state index contributed by atoms with van der Waals surface area (Å²) in [6.07, 6.45) is 0. The molecule has 210 valence electrons. The van der Waals surface area contributed by atoms with Gasteiger partial charge in [0.25, 0.3) is 0 Å². The topological polar surface area (TPSA) is 26.0 Å². The number of rotatable bonds is 4. The fraction of sp³-hybridized carbons (Fsp3) is 0. The molecule has 0 heterocycles. The summed E-state index contributed by atoms with van der Waals surface area (Å²) in [5.74, 6) is 0. The maximum atomic E-state index is 6.72. The zero-order chi connectivity index (χ0) is 29.9. The number of fused-ring (bicyclic) bond motifs is 4. The first-order chi connectivity index (χ1) is 22.3. The Morgan fingerprint density at radius 3 is 1.56 bits per heavy atom. The van der Waals surface area contributed by atoms with Gasteiger partial charge in [0, 0.05) is 16.6 Å². The SMILES string of the molecule is Nc1c(-c2ccc(-c3cc(-c4ccccc4)c4c(c3-c3ccccc3)-c3cccc5cccc-4c35)cc2)ccc2ccccc12. The quantitative estimate of drug-likeness (QED) is 0.209. The summed E-state index contributed by atoms with van der Waals surface area (Å²) >= 11 is 0. The number of hydrogen-bond donors (Lipinski definition) is 1. The van der Waals surface area contributed by atoms with Crippen molar-refractivity contribution in [2.45, 2.75) is 0 Å². The molecular formula is C44H29N. The molecule has 0 bridgehead atoms. The zero-order valence-electron chi connectivity index (χ0n) is 24.7. The lowest BCUT2D eigenvalue weighted by Gasteiger charge is -2.21. The second-order valence-corrected chi connectivity index (χ2v) is 11.9. The molecule has 1 aliphatic carbocycles. The lowest BCUT2D eigenvalue weighted by atomic mass is 9.82. The Kier molecular flexibility index (Phi) is 5.73. The maximum Gasteiger partial charge on any atom is 0.0473 e. The normalized spacial score (nSPS) is 11.6. The van der Waals surface area contributed by atoms with Crippen molar-refractivity contribution in [3.63, 3.8) is 0 Å². The molecule has 0 aliphatic heterocycles. The molecule has 0 atom stereocenters. The third kappa shape index (κ3) is 3.95. The van der Waals surface area contributed by atoms with Crippen molar-refractivity contribution in [2.24, 2.45) is 0 Å². The number of nitrogen functional groups attached to an aromatic ring is 1. The molecule has 8 aromatic rings. The molecule has 1 heteroatoms. The minimum absolute atomic E-state index is 0.820. The predicted molar refractivity (Wildman–Crippen MR) is 192 cm³/mol. The van der Waals surface area contributed by atoms with Gasteiger partial charge in [-0.25, -0.2) is 0 Å². The lowest BCUT2D eigenvalue weighted by Crippen LogP contribution is -1.95. The smallest absolute Gasteiger partial charge is 0.0473 e. The number of anilines is 1. The van der Waals surface area contributed by atoms with Crippen LogP contribution < -0.4 is 5.73 Å². The highest BCUT2D eigenvalue weighted by molar-refractivity contribution is 6.22. The van der Waals surface area contributed by atoms with Gasteiger partial charge in [-0.2, -0.15) is 0 Å². The Labute approximate surface area is 262 Å². The first-order valence-electron chi connectivity index (χ1n) is 15.5. The van der Waals surface area contributed by atoms with E-state index in [1.54, 1.807) is 0 Å². The summed E-state index contributed by atoms with van der Waals surface area (Å²) in [5.41, 5.74) is 22.3. The van der Waals surface area contributed by atoms with Gasteiger partial charge >= 0.3 is 0 Å². The maximum absolute atomic E-state index is 6.72. The van der Waals surface area contributed by atoms with Gasteiger partial charge in [-0.05, 0) is 83.4 Å². The van der Waals surface area contributed by atoms with Gasteiger partial charge < -0.3 is 5.73 Å². The van der Waals surface area contributed by atoms with Gasteiger partial charge in [-0.1, -0.05) is 158 Å². The molecular weight excluding hydrogens is 542 g/mol. The average molecular weight is 572 g/mol. The Hall–Kier alpha value is -5.92. The van der Waals surface area contributed by atoms with Crippen LogP contribution in [0.2, 0.25) is 0 Å². The fourth-order valence-corrected chi connectivity index (χ4v) is 7.34. The van der Waals surface area contributed by atoms with E-state index in [2.05, 4.69) is 158 Å². The molecule has 45 heavy (non-hydrogen) atoms. The number of hydrogen-bond acceptors (Lipinski definition) is 1. The van der Waals surface area contributed by atoms with Crippen molar-refractivity contribution in [2.75, 3.05) is 5.73 Å². The zero-order valence-corrected chi connectivity index (χ0v) is 24.7. The Balaban J connectivity index is 1.33. The van der Waals surface area contributed by atoms with Crippen LogP contribution in [0.1, 0.15) is 0 Å². The van der Waals surface area contributed by atoms with Crippen LogP contribution in [0.15, 0.2) is 164 Å². The Morgan fingerprint density at radius 2 is 0.844 bits per heavy atom. The van der Waals surface area contributed by atoms with Crippen molar-refractivity contribution in [3.05, 3.63) is 164 Å². The van der Waals surface area contributed by atoms with Crippen LogP contribution in [0.5, 0.6) is 0 Å². The van der Waals surface area contributed by atoms with E-state index in [-0.39, 0.29) is 0 Å². The van der Waals surface area contributed by atoms with Crippen LogP contribution in [0.4, 0.5) is 5.69 Å². The summed E-state index contributed by atoms with van der Waals surface area (Å²) in [6, 6.07) is 59.1. The molecule has 0 amide bonds. The van der Waals surface area contributed by atoms with Crippen LogP contribution >= 0.6 is 0 Å². The summed E-state index contributed by atoms with van der Waals surface area (Å²) in [6.45, 7) is 0. The van der Waals surface area contributed by atoms with Crippen LogP contribution in [-0.4, -0.2) is 0 Å². The van der Waals surface area contributed by atoms with Crippen molar-refractivity contribution in [1.82, 2.24) is 0 Å². The second kappa shape index (κ2) is 10.1. The van der Waals surface area contributed by atoms with E-state index in [1.165, 1.54) is 66.4 Å². The molecule has 1 aliphatic rings. The van der Waals surface area contributed by atoms with Crippen molar-refractivity contribution < 1.29 is 0 Å². The summed E-state index contributed by atoms with van der Waals surface area (Å²) in [5, 5.41) is 4.86. The highest BCUT2D eigenvalue weighted by Crippen LogP contribution is 2.57. The molecule has 1 nitrogen and oxygen atoms in total. The van der Waals surface area contributed by atoms with Gasteiger partial charge in [-0.3, -0.25) is 0 Å². The highest BCUT2D eigenvalue weighted by Gasteiger charge is 2.30. The Bertz CT molecular complexity index is 2400. The second-order valence-electron chi connectivity index (χ2n) is 11.9. The Morgan fingerprint density at radius 1 is 0.311 bits per heavy atom. The lowest BCUT2D eigenvalue weighted by molar-refractivity contribution is 1.56. The molecule has 2 N–H and O–H groups in total. The third-order valence-corrected chi connectivity index (χ3v) is 9.40. The van der Waals surface area contributed by atoms with E-state index in [9.17, 15) is 0 Å². The molecule has 0 saturated heterocycles. The molecule has 8 aromatic carbocycles. The molecule has 0 spiro atoms. The molecule has 0 saturated carbocycles. The van der Waals surface area contributed by atoms with Crippen molar-refractivity contribution in [1.29, 1.82) is 0 Å². The van der Waals surface area contributed by atoms with Gasteiger partial charge in [0.15, 0.2) is 0 Å². The van der Waals surface area contributed by atoms with E-state index in [0.29, 0.717) is 0 Å². The summed E-state index contributed by atoms with van der Waals surface area (Å²) in [7, 11) is 0. The molecule has 0 fully saturated rings. The largest absolute Gasteiger partial charge is 0.398 e. The summed E-state index contributed by atoms with van der Waals surface area (Å²) < 4.78 is 0. The van der Waals surface area contributed by atoms with E-state index >= 15 is 0 Å². The van der Waals surface area contributed by atoms with Crippen LogP contribution in [0.3, 0.4) is 0 Å². The minimum Gasteiger partial charge on any atom is -0.398 e. The van der Waals surface area contributed by atoms with Crippen molar-refractivity contribution in [3.8, 4) is 66.8 Å². The molecule has 9 rings (SSSR count). The highest BCUT2D eigenvalue weighted by atomic mass is 14.6. The number of benzene rings is 8. The molecule has 0 aromatic heterocycles. The average Bonchev–Trinajstić information content (AvgIpc) is 3.45. The third-order valence-electron chi connectivity index (χ3n) is 9.40. The monoisotopic (exact) mass is 571 g/mol. The van der Waals surface area contributed by atoms with Gasteiger partial charge in [0.1, 0.15) is 0 Å². The van der Waals surface area contributed by atoms with Crippen LogP contribution in [0, 0.1) is 0 Å². The van der Waals surface area contributed by atoms with Gasteiger partial charge in [0.2, 0.25) is 0 Å². The van der Waals surface area contributed by atoms with E-state index in [0.717, 1.165) is 27.6 Å². The van der Waals surface area contributed by atoms with E-state index in [4.69, 9.17) is 5.73 Å².